The monoisotopic (exact) mass is 764 g/mol. The highest BCUT2D eigenvalue weighted by molar-refractivity contribution is 6.14. The van der Waals surface area contributed by atoms with Gasteiger partial charge in [0, 0.05) is 38.6 Å². The highest BCUT2D eigenvalue weighted by atomic mass is 16.3. The van der Waals surface area contributed by atoms with Gasteiger partial charge in [-0.25, -0.2) is 0 Å². The van der Waals surface area contributed by atoms with Gasteiger partial charge in [-0.15, -0.1) is 0 Å². The number of furan rings is 1. The summed E-state index contributed by atoms with van der Waals surface area (Å²) in [5.74, 6) is 0. The molecule has 0 radical (unpaired) electrons. The molecule has 0 amide bonds. The topological polar surface area (TPSA) is 21.3 Å². The summed E-state index contributed by atoms with van der Waals surface area (Å²) in [7, 11) is 0. The van der Waals surface area contributed by atoms with Crippen molar-refractivity contribution < 1.29 is 4.42 Å². The van der Waals surface area contributed by atoms with Crippen LogP contribution >= 0.6 is 0 Å². The molecule has 2 aromatic heterocycles. The molecule has 280 valence electrons. The van der Waals surface area contributed by atoms with Gasteiger partial charge in [0.25, 0.3) is 0 Å². The van der Waals surface area contributed by atoms with Gasteiger partial charge in [-0.1, -0.05) is 121 Å². The normalized spacial score (nSPS) is 12.1. The number of benzene rings is 10. The Labute approximate surface area is 346 Å². The van der Waals surface area contributed by atoms with Gasteiger partial charge in [-0.05, 0) is 146 Å². The van der Waals surface area contributed by atoms with Crippen molar-refractivity contribution in [2.45, 2.75) is 6.92 Å². The minimum absolute atomic E-state index is 0.876. The fraction of sp³-hybridized carbons (Fsp3) is 0.0175. The van der Waals surface area contributed by atoms with Gasteiger partial charge in [0.2, 0.25) is 0 Å². The second-order valence-electron chi connectivity index (χ2n) is 16.2. The van der Waals surface area contributed by atoms with Gasteiger partial charge in [0.1, 0.15) is 5.58 Å². The van der Waals surface area contributed by atoms with Crippen LogP contribution in [-0.2, 0) is 0 Å². The summed E-state index contributed by atoms with van der Waals surface area (Å²) in [5, 5.41) is 9.70. The molecule has 0 aliphatic heterocycles. The fourth-order valence-electron chi connectivity index (χ4n) is 9.85. The second-order valence-corrected chi connectivity index (χ2v) is 16.2. The molecule has 0 saturated carbocycles. The Hall–Kier alpha value is -7.88. The van der Waals surface area contributed by atoms with E-state index in [-0.39, 0.29) is 0 Å². The van der Waals surface area contributed by atoms with E-state index in [1.54, 1.807) is 0 Å². The minimum Gasteiger partial charge on any atom is -0.454 e. The van der Waals surface area contributed by atoms with E-state index in [1.165, 1.54) is 88.0 Å². The predicted molar refractivity (Wildman–Crippen MR) is 252 cm³/mol. The van der Waals surface area contributed by atoms with Crippen molar-refractivity contribution in [1.82, 2.24) is 4.57 Å². The maximum atomic E-state index is 6.70. The average Bonchev–Trinajstić information content (AvgIpc) is 3.85. The molecule has 0 spiro atoms. The van der Waals surface area contributed by atoms with E-state index in [4.69, 9.17) is 4.42 Å². The molecule has 0 unspecified atom stereocenters. The third-order valence-corrected chi connectivity index (χ3v) is 12.8. The fourth-order valence-corrected chi connectivity index (χ4v) is 9.85. The molecular formula is C57H36N2O. The second kappa shape index (κ2) is 12.6. The molecule has 2 heterocycles. The Balaban J connectivity index is 0.963. The van der Waals surface area contributed by atoms with Crippen molar-refractivity contribution in [1.29, 1.82) is 0 Å². The van der Waals surface area contributed by atoms with Gasteiger partial charge in [-0.3, -0.25) is 0 Å². The molecule has 3 nitrogen and oxygen atoms in total. The maximum Gasteiger partial charge on any atom is 0.159 e. The number of anilines is 3. The lowest BCUT2D eigenvalue weighted by molar-refractivity contribution is 0.669. The van der Waals surface area contributed by atoms with Crippen molar-refractivity contribution >= 4 is 82.4 Å². The zero-order valence-electron chi connectivity index (χ0n) is 32.9. The number of nitrogens with zero attached hydrogens (tertiary/aromatic N) is 2. The Kier molecular flexibility index (Phi) is 6.93. The molecule has 0 atom stereocenters. The van der Waals surface area contributed by atoms with Crippen LogP contribution in [0, 0.1) is 6.92 Å². The maximum absolute atomic E-state index is 6.70. The van der Waals surface area contributed by atoms with Crippen LogP contribution in [0.3, 0.4) is 0 Å². The average molecular weight is 765 g/mol. The summed E-state index contributed by atoms with van der Waals surface area (Å²) in [6.45, 7) is 2.20. The van der Waals surface area contributed by atoms with Crippen LogP contribution < -0.4 is 4.90 Å². The summed E-state index contributed by atoms with van der Waals surface area (Å²) >= 11 is 0. The predicted octanol–water partition coefficient (Wildman–Crippen LogP) is 16.1. The number of rotatable bonds is 5. The van der Waals surface area contributed by atoms with Crippen LogP contribution in [0.15, 0.2) is 205 Å². The SMILES string of the molecule is Cc1ccc(-c2ccccc2)cc1N(c1ccc2cc3c(cc2c1)-c1cc2cc(-n4c5ccccc5c5ccccc54)ccc2cc1-3)c1cccc2c1oc1ccccc12. The van der Waals surface area contributed by atoms with Crippen molar-refractivity contribution in [3.05, 3.63) is 206 Å². The quantitative estimate of drug-likeness (QED) is 0.174. The van der Waals surface area contributed by atoms with E-state index in [0.29, 0.717) is 0 Å². The lowest BCUT2D eigenvalue weighted by Gasteiger charge is -2.29. The van der Waals surface area contributed by atoms with Crippen molar-refractivity contribution in [3.63, 3.8) is 0 Å². The molecule has 0 saturated heterocycles. The van der Waals surface area contributed by atoms with Gasteiger partial charge in [0.15, 0.2) is 5.58 Å². The van der Waals surface area contributed by atoms with Crippen LogP contribution in [0.25, 0.3) is 104 Å². The number of para-hydroxylation sites is 4. The van der Waals surface area contributed by atoms with E-state index in [9.17, 15) is 0 Å². The van der Waals surface area contributed by atoms with Gasteiger partial charge in [-0.2, -0.15) is 0 Å². The van der Waals surface area contributed by atoms with Crippen molar-refractivity contribution in [3.8, 4) is 39.1 Å². The molecule has 3 heteroatoms. The number of aromatic nitrogens is 1. The first kappa shape index (κ1) is 33.1. The molecule has 1 aliphatic carbocycles. The minimum atomic E-state index is 0.876. The highest BCUT2D eigenvalue weighted by Crippen LogP contribution is 2.52. The zero-order chi connectivity index (χ0) is 39.5. The summed E-state index contributed by atoms with van der Waals surface area (Å²) in [5.41, 5.74) is 17.4. The lowest BCUT2D eigenvalue weighted by Crippen LogP contribution is -2.12. The van der Waals surface area contributed by atoms with Crippen LogP contribution in [0.1, 0.15) is 5.56 Å². The Morgan fingerprint density at radius 3 is 1.73 bits per heavy atom. The summed E-state index contributed by atoms with van der Waals surface area (Å²) in [6, 6.07) is 73.1. The summed E-state index contributed by atoms with van der Waals surface area (Å²) in [6.07, 6.45) is 0. The van der Waals surface area contributed by atoms with Crippen LogP contribution in [0.5, 0.6) is 0 Å². The van der Waals surface area contributed by atoms with Crippen molar-refractivity contribution in [2.24, 2.45) is 0 Å². The molecule has 0 fully saturated rings. The van der Waals surface area contributed by atoms with Crippen molar-refractivity contribution in [2.75, 3.05) is 4.90 Å². The molecule has 1 aliphatic rings. The van der Waals surface area contributed by atoms with E-state index in [0.717, 1.165) is 39.0 Å². The van der Waals surface area contributed by atoms with E-state index in [1.807, 2.05) is 6.07 Å². The Bertz CT molecular complexity index is 3690. The third kappa shape index (κ3) is 4.84. The van der Waals surface area contributed by atoms with Gasteiger partial charge in [0.05, 0.1) is 16.7 Å². The standard InChI is InChI=1S/C57H36N2O/c1-35-22-23-39(36-12-3-2-4-13-36)34-55(35)59(54-20-11-17-47-46-16-7-10-21-56(46)60-57(47)54)43-27-25-38-31-49-48-30-37-24-26-42(28-40(37)32-50(48)51(49)33-41(38)29-43)58-52-18-8-5-14-44(52)45-15-6-9-19-53(45)58/h2-34H,1H3. The first-order valence-electron chi connectivity index (χ1n) is 20.7. The summed E-state index contributed by atoms with van der Waals surface area (Å²) in [4.78, 5) is 2.39. The molecule has 60 heavy (non-hydrogen) atoms. The largest absolute Gasteiger partial charge is 0.454 e. The molecule has 12 aromatic rings. The smallest absolute Gasteiger partial charge is 0.159 e. The van der Waals surface area contributed by atoms with Crippen LogP contribution in [0.2, 0.25) is 0 Å². The molecule has 13 rings (SSSR count). The molecule has 0 bridgehead atoms. The molecular weight excluding hydrogens is 729 g/mol. The molecule has 10 aromatic carbocycles. The molecule has 0 N–H and O–H groups in total. The van der Waals surface area contributed by atoms with E-state index >= 15 is 0 Å². The van der Waals surface area contributed by atoms with Crippen LogP contribution in [0.4, 0.5) is 17.1 Å². The van der Waals surface area contributed by atoms with Crippen LogP contribution in [-0.4, -0.2) is 4.57 Å². The number of aryl methyl sites for hydroxylation is 1. The third-order valence-electron chi connectivity index (χ3n) is 12.8. The number of hydrogen-bond donors (Lipinski definition) is 0. The van der Waals surface area contributed by atoms with E-state index in [2.05, 4.69) is 211 Å². The first-order valence-corrected chi connectivity index (χ1v) is 20.7. The van der Waals surface area contributed by atoms with Gasteiger partial charge < -0.3 is 13.9 Å². The van der Waals surface area contributed by atoms with Gasteiger partial charge >= 0.3 is 0 Å². The van der Waals surface area contributed by atoms with E-state index < -0.39 is 0 Å². The zero-order valence-corrected chi connectivity index (χ0v) is 32.9. The summed E-state index contributed by atoms with van der Waals surface area (Å²) < 4.78 is 9.10. The first-order chi connectivity index (χ1) is 29.6. The number of hydrogen-bond acceptors (Lipinski definition) is 2. The number of fused-ring (bicyclic) bond motifs is 12. The Morgan fingerprint density at radius 1 is 0.400 bits per heavy atom. The highest BCUT2D eigenvalue weighted by Gasteiger charge is 2.26. The lowest BCUT2D eigenvalue weighted by atomic mass is 9.78. The Morgan fingerprint density at radius 2 is 1.00 bits per heavy atom.